The van der Waals surface area contributed by atoms with E-state index in [2.05, 4.69) is 16.7 Å². The molecule has 0 saturated carbocycles. The number of benzene rings is 3. The molecule has 2 amide bonds. The molecule has 6 heteroatoms. The summed E-state index contributed by atoms with van der Waals surface area (Å²) in [4.78, 5) is 31.8. The third-order valence-electron chi connectivity index (χ3n) is 6.44. The van der Waals surface area contributed by atoms with Crippen LogP contribution in [-0.2, 0) is 0 Å². The molecule has 0 atom stereocenters. The van der Waals surface area contributed by atoms with E-state index < -0.39 is 0 Å². The smallest absolute Gasteiger partial charge is 0.255 e. The van der Waals surface area contributed by atoms with E-state index in [0.717, 1.165) is 5.69 Å². The zero-order valence-corrected chi connectivity index (χ0v) is 20.8. The summed E-state index contributed by atoms with van der Waals surface area (Å²) in [5.74, 6) is 6.31. The van der Waals surface area contributed by atoms with Crippen molar-refractivity contribution in [3.05, 3.63) is 95.1 Å². The van der Waals surface area contributed by atoms with Gasteiger partial charge in [-0.05, 0) is 68.4 Å². The molecule has 3 aromatic carbocycles. The zero-order valence-electron chi connectivity index (χ0n) is 20.8. The largest absolute Gasteiger partial charge is 0.508 e. The van der Waals surface area contributed by atoms with E-state index in [4.69, 9.17) is 0 Å². The molecule has 6 nitrogen and oxygen atoms in total. The van der Waals surface area contributed by atoms with Crippen molar-refractivity contribution in [2.75, 3.05) is 44.2 Å². The number of anilines is 1. The van der Waals surface area contributed by atoms with Crippen LogP contribution in [0.5, 0.6) is 5.75 Å². The first-order chi connectivity index (χ1) is 17.5. The van der Waals surface area contributed by atoms with Crippen LogP contribution in [0.25, 0.3) is 0 Å². The predicted molar refractivity (Wildman–Crippen MR) is 142 cm³/mol. The highest BCUT2D eigenvalue weighted by Gasteiger charge is 2.24. The Balaban J connectivity index is 1.41. The average Bonchev–Trinajstić information content (AvgIpc) is 2.92. The number of piperazine rings is 1. The predicted octanol–water partition coefficient (Wildman–Crippen LogP) is 4.24. The maximum atomic E-state index is 13.3. The normalized spacial score (nSPS) is 13.1. The van der Waals surface area contributed by atoms with Crippen molar-refractivity contribution in [1.29, 1.82) is 0 Å². The minimum absolute atomic E-state index is 0.0318. The number of phenolic OH excluding ortho intramolecular Hbond substituents is 1. The van der Waals surface area contributed by atoms with Gasteiger partial charge in [0.1, 0.15) is 5.75 Å². The summed E-state index contributed by atoms with van der Waals surface area (Å²) in [7, 11) is 0. The van der Waals surface area contributed by atoms with Gasteiger partial charge in [-0.1, -0.05) is 30.0 Å². The van der Waals surface area contributed by atoms with Gasteiger partial charge in [-0.3, -0.25) is 9.59 Å². The Kier molecular flexibility index (Phi) is 7.92. The molecule has 4 rings (SSSR count). The molecule has 3 aromatic rings. The SMILES string of the molecule is CCN(CC)C(=O)c1ccc(N2CCN(C(=O)c3ccccc3C#Cc3cccc(O)c3)CC2)cc1. The lowest BCUT2D eigenvalue weighted by atomic mass is 10.1. The first-order valence-electron chi connectivity index (χ1n) is 12.3. The number of hydrogen-bond acceptors (Lipinski definition) is 4. The Bertz CT molecular complexity index is 1280. The van der Waals surface area contributed by atoms with Crippen LogP contribution in [0.2, 0.25) is 0 Å². The molecule has 1 N–H and O–H groups in total. The number of aromatic hydroxyl groups is 1. The molecule has 1 heterocycles. The van der Waals surface area contributed by atoms with Crippen molar-refractivity contribution >= 4 is 17.5 Å². The Morgan fingerprint density at radius 2 is 1.56 bits per heavy atom. The van der Waals surface area contributed by atoms with Crippen molar-refractivity contribution in [2.45, 2.75) is 13.8 Å². The Hall–Kier alpha value is -4.24. The van der Waals surface area contributed by atoms with Gasteiger partial charge >= 0.3 is 0 Å². The zero-order chi connectivity index (χ0) is 25.5. The summed E-state index contributed by atoms with van der Waals surface area (Å²) in [5.41, 5.74) is 3.69. The maximum absolute atomic E-state index is 13.3. The summed E-state index contributed by atoms with van der Waals surface area (Å²) in [6.45, 7) is 7.99. The molecule has 0 unspecified atom stereocenters. The van der Waals surface area contributed by atoms with Crippen molar-refractivity contribution < 1.29 is 14.7 Å². The van der Waals surface area contributed by atoms with Crippen molar-refractivity contribution in [3.63, 3.8) is 0 Å². The molecule has 1 saturated heterocycles. The highest BCUT2D eigenvalue weighted by atomic mass is 16.3. The van der Waals surface area contributed by atoms with Crippen LogP contribution in [0.3, 0.4) is 0 Å². The Morgan fingerprint density at radius 1 is 0.861 bits per heavy atom. The summed E-state index contributed by atoms with van der Waals surface area (Å²) in [6, 6.07) is 21.9. The minimum atomic E-state index is -0.0318. The highest BCUT2D eigenvalue weighted by molar-refractivity contribution is 5.97. The van der Waals surface area contributed by atoms with E-state index in [0.29, 0.717) is 61.5 Å². The fraction of sp³-hybridized carbons (Fsp3) is 0.267. The fourth-order valence-corrected chi connectivity index (χ4v) is 4.35. The van der Waals surface area contributed by atoms with Gasteiger partial charge in [0.05, 0.1) is 5.56 Å². The number of hydrogen-bond donors (Lipinski definition) is 1. The van der Waals surface area contributed by atoms with Crippen LogP contribution in [0.4, 0.5) is 5.69 Å². The number of amides is 2. The second kappa shape index (κ2) is 11.5. The lowest BCUT2D eigenvalue weighted by Crippen LogP contribution is -2.49. The van der Waals surface area contributed by atoms with Gasteiger partial charge in [0.25, 0.3) is 11.8 Å². The third-order valence-corrected chi connectivity index (χ3v) is 6.44. The molecule has 1 fully saturated rings. The first kappa shape index (κ1) is 24.9. The number of nitrogens with zero attached hydrogens (tertiary/aromatic N) is 3. The van der Waals surface area contributed by atoms with E-state index in [1.165, 1.54) is 0 Å². The maximum Gasteiger partial charge on any atom is 0.255 e. The lowest BCUT2D eigenvalue weighted by molar-refractivity contribution is 0.0744. The highest BCUT2D eigenvalue weighted by Crippen LogP contribution is 2.20. The quantitative estimate of drug-likeness (QED) is 0.554. The van der Waals surface area contributed by atoms with Gasteiger partial charge in [0.15, 0.2) is 0 Å². The summed E-state index contributed by atoms with van der Waals surface area (Å²) < 4.78 is 0. The summed E-state index contributed by atoms with van der Waals surface area (Å²) >= 11 is 0. The van der Waals surface area contributed by atoms with Gasteiger partial charge in [0, 0.05) is 61.6 Å². The van der Waals surface area contributed by atoms with Crippen LogP contribution in [-0.4, -0.2) is 66.0 Å². The molecule has 0 aliphatic carbocycles. The minimum Gasteiger partial charge on any atom is -0.508 e. The second-order valence-electron chi connectivity index (χ2n) is 8.65. The van der Waals surface area contributed by atoms with Crippen molar-refractivity contribution in [1.82, 2.24) is 9.80 Å². The molecular weight excluding hydrogens is 450 g/mol. The molecule has 0 radical (unpaired) electrons. The van der Waals surface area contributed by atoms with Gasteiger partial charge in [0.2, 0.25) is 0 Å². The topological polar surface area (TPSA) is 64.1 Å². The van der Waals surface area contributed by atoms with Crippen LogP contribution in [0.15, 0.2) is 72.8 Å². The van der Waals surface area contributed by atoms with Crippen molar-refractivity contribution in [3.8, 4) is 17.6 Å². The lowest BCUT2D eigenvalue weighted by Gasteiger charge is -2.36. The fourth-order valence-electron chi connectivity index (χ4n) is 4.35. The number of phenols is 1. The van der Waals surface area contributed by atoms with Crippen LogP contribution in [0.1, 0.15) is 45.7 Å². The van der Waals surface area contributed by atoms with E-state index in [9.17, 15) is 14.7 Å². The van der Waals surface area contributed by atoms with Crippen LogP contribution >= 0.6 is 0 Å². The standard InChI is InChI=1S/C30H31N3O3/c1-3-31(4-2)29(35)25-14-16-26(17-15-25)32-18-20-33(21-19-32)30(36)28-11-6-5-9-24(28)13-12-23-8-7-10-27(34)22-23/h5-11,14-17,22,34H,3-4,18-21H2,1-2H3. The Labute approximate surface area is 212 Å². The molecule has 36 heavy (non-hydrogen) atoms. The molecule has 1 aliphatic heterocycles. The molecule has 0 bridgehead atoms. The van der Waals surface area contributed by atoms with Crippen molar-refractivity contribution in [2.24, 2.45) is 0 Å². The summed E-state index contributed by atoms with van der Waals surface area (Å²) in [6.07, 6.45) is 0. The molecule has 0 spiro atoms. The van der Waals surface area contributed by atoms with E-state index in [-0.39, 0.29) is 17.6 Å². The third kappa shape index (κ3) is 5.69. The van der Waals surface area contributed by atoms with Crippen LogP contribution < -0.4 is 4.90 Å². The summed E-state index contributed by atoms with van der Waals surface area (Å²) in [5, 5.41) is 9.66. The average molecular weight is 482 g/mol. The van der Waals surface area contributed by atoms with Crippen LogP contribution in [0, 0.1) is 11.8 Å². The number of carbonyl (C=O) groups is 2. The van der Waals surface area contributed by atoms with E-state index in [1.54, 1.807) is 18.2 Å². The van der Waals surface area contributed by atoms with Gasteiger partial charge in [-0.25, -0.2) is 0 Å². The molecule has 184 valence electrons. The first-order valence-corrected chi connectivity index (χ1v) is 12.3. The van der Waals surface area contributed by atoms with E-state index in [1.807, 2.05) is 78.2 Å². The Morgan fingerprint density at radius 3 is 2.22 bits per heavy atom. The van der Waals surface area contributed by atoms with Gasteiger partial charge < -0.3 is 19.8 Å². The molecular formula is C30H31N3O3. The monoisotopic (exact) mass is 481 g/mol. The van der Waals surface area contributed by atoms with Gasteiger partial charge in [-0.15, -0.1) is 0 Å². The number of carbonyl (C=O) groups excluding carboxylic acids is 2. The van der Waals surface area contributed by atoms with E-state index >= 15 is 0 Å². The second-order valence-corrected chi connectivity index (χ2v) is 8.65. The molecule has 0 aromatic heterocycles. The molecule has 1 aliphatic rings. The number of rotatable bonds is 5. The van der Waals surface area contributed by atoms with Gasteiger partial charge in [-0.2, -0.15) is 0 Å².